The normalized spacial score (nSPS) is 10.8. The van der Waals surface area contributed by atoms with Gasteiger partial charge in [-0.1, -0.05) is 0 Å². The second-order valence-corrected chi connectivity index (χ2v) is 4.02. The van der Waals surface area contributed by atoms with E-state index in [1.165, 1.54) is 16.8 Å². The topological polar surface area (TPSA) is 87.4 Å². The Labute approximate surface area is 107 Å². The number of anilines is 1. The first-order valence-corrected chi connectivity index (χ1v) is 5.48. The van der Waals surface area contributed by atoms with E-state index < -0.39 is 5.82 Å². The van der Waals surface area contributed by atoms with Gasteiger partial charge in [-0.2, -0.15) is 9.78 Å². The average Bonchev–Trinajstić information content (AvgIpc) is 2.97. The average molecular weight is 259 g/mol. The Kier molecular flexibility index (Phi) is 2.48. The summed E-state index contributed by atoms with van der Waals surface area (Å²) in [6.07, 6.45) is 3.39. The molecule has 2 N–H and O–H groups in total. The van der Waals surface area contributed by atoms with Crippen LogP contribution in [0.4, 0.5) is 10.1 Å². The van der Waals surface area contributed by atoms with Crippen molar-refractivity contribution < 1.29 is 4.39 Å². The van der Waals surface area contributed by atoms with Crippen LogP contribution in [0, 0.1) is 5.82 Å². The summed E-state index contributed by atoms with van der Waals surface area (Å²) in [7, 11) is 1.79. The quantitative estimate of drug-likeness (QED) is 0.687. The van der Waals surface area contributed by atoms with E-state index in [-0.39, 0.29) is 5.69 Å². The predicted octanol–water partition coefficient (Wildman–Crippen LogP) is 0.784. The van der Waals surface area contributed by atoms with Gasteiger partial charge in [0, 0.05) is 18.3 Å². The van der Waals surface area contributed by atoms with Crippen molar-refractivity contribution in [1.82, 2.24) is 30.0 Å². The number of nitrogens with two attached hydrogens (primary N) is 1. The fourth-order valence-electron chi connectivity index (χ4n) is 1.78. The molecule has 1 aromatic carbocycles. The Morgan fingerprint density at radius 2 is 2.16 bits per heavy atom. The fourth-order valence-corrected chi connectivity index (χ4v) is 1.78. The summed E-state index contributed by atoms with van der Waals surface area (Å²) in [5.74, 6) is 0.0344. The van der Waals surface area contributed by atoms with Gasteiger partial charge in [0.1, 0.15) is 11.5 Å². The Bertz CT molecular complexity index is 730. The Morgan fingerprint density at radius 1 is 1.32 bits per heavy atom. The zero-order valence-electron chi connectivity index (χ0n) is 10.0. The van der Waals surface area contributed by atoms with E-state index in [2.05, 4.69) is 20.6 Å². The number of nitrogen functional groups attached to an aromatic ring is 1. The minimum Gasteiger partial charge on any atom is -0.398 e. The molecule has 0 amide bonds. The molecule has 2 aromatic heterocycles. The minimum atomic E-state index is -0.401. The van der Waals surface area contributed by atoms with Crippen LogP contribution in [-0.2, 0) is 7.05 Å². The molecule has 0 unspecified atom stereocenters. The van der Waals surface area contributed by atoms with E-state index >= 15 is 0 Å². The van der Waals surface area contributed by atoms with Crippen molar-refractivity contribution in [2.75, 3.05) is 5.73 Å². The van der Waals surface area contributed by atoms with E-state index in [9.17, 15) is 4.39 Å². The maximum atomic E-state index is 13.1. The van der Waals surface area contributed by atoms with Crippen molar-refractivity contribution in [3.8, 4) is 17.1 Å². The minimum absolute atomic E-state index is 0.278. The lowest BCUT2D eigenvalue weighted by Gasteiger charge is -2.05. The predicted molar refractivity (Wildman–Crippen MR) is 65.7 cm³/mol. The molecule has 8 heteroatoms. The number of benzene rings is 1. The van der Waals surface area contributed by atoms with Crippen LogP contribution in [0.5, 0.6) is 0 Å². The molecule has 0 atom stereocenters. The molecule has 0 aliphatic carbocycles. The van der Waals surface area contributed by atoms with Crippen molar-refractivity contribution in [2.45, 2.75) is 0 Å². The number of rotatable bonds is 2. The molecule has 0 saturated heterocycles. The summed E-state index contributed by atoms with van der Waals surface area (Å²) >= 11 is 0. The summed E-state index contributed by atoms with van der Waals surface area (Å²) in [5, 5.41) is 15.5. The van der Waals surface area contributed by atoms with Crippen LogP contribution < -0.4 is 5.73 Å². The Morgan fingerprint density at radius 3 is 2.84 bits per heavy atom. The van der Waals surface area contributed by atoms with Gasteiger partial charge in [0.2, 0.25) is 0 Å². The third-order valence-electron chi connectivity index (χ3n) is 2.66. The van der Waals surface area contributed by atoms with Gasteiger partial charge in [-0.15, -0.1) is 5.10 Å². The van der Waals surface area contributed by atoms with Gasteiger partial charge in [-0.25, -0.2) is 4.39 Å². The molecule has 0 bridgehead atoms. The number of nitrogens with zero attached hydrogens (tertiary/aromatic N) is 6. The molecule has 0 saturated carbocycles. The number of tetrazole rings is 1. The number of halogens is 1. The monoisotopic (exact) mass is 259 g/mol. The maximum absolute atomic E-state index is 13.1. The molecule has 3 rings (SSSR count). The van der Waals surface area contributed by atoms with Crippen LogP contribution in [-0.4, -0.2) is 30.0 Å². The van der Waals surface area contributed by atoms with Gasteiger partial charge >= 0.3 is 0 Å². The maximum Gasteiger partial charge on any atom is 0.189 e. The van der Waals surface area contributed by atoms with Gasteiger partial charge in [0.05, 0.1) is 12.4 Å². The largest absolute Gasteiger partial charge is 0.398 e. The van der Waals surface area contributed by atoms with E-state index in [0.29, 0.717) is 17.1 Å². The van der Waals surface area contributed by atoms with Crippen LogP contribution in [0.15, 0.2) is 30.6 Å². The fraction of sp³-hybridized carbons (Fsp3) is 0.0909. The first kappa shape index (κ1) is 11.3. The molecule has 2 heterocycles. The number of aromatic nitrogens is 6. The van der Waals surface area contributed by atoms with Crippen molar-refractivity contribution in [2.24, 2.45) is 7.05 Å². The van der Waals surface area contributed by atoms with Gasteiger partial charge in [-0.05, 0) is 28.6 Å². The molecule has 19 heavy (non-hydrogen) atoms. The summed E-state index contributed by atoms with van der Waals surface area (Å²) in [6, 6.07) is 4.09. The van der Waals surface area contributed by atoms with Crippen molar-refractivity contribution in [3.63, 3.8) is 0 Å². The standard InChI is InChI=1S/C11H10FN7/c1-18-6-8(5-14-18)19-11(15-16-17-19)9-3-2-7(12)4-10(9)13/h2-6H,13H2,1H3. The smallest absolute Gasteiger partial charge is 0.189 e. The lowest BCUT2D eigenvalue weighted by Crippen LogP contribution is -2.01. The Balaban J connectivity index is 2.14. The van der Waals surface area contributed by atoms with E-state index in [1.54, 1.807) is 30.2 Å². The summed E-state index contributed by atoms with van der Waals surface area (Å²) in [5.41, 5.74) is 7.34. The lowest BCUT2D eigenvalue weighted by molar-refractivity contribution is 0.628. The van der Waals surface area contributed by atoms with Crippen LogP contribution in [0.2, 0.25) is 0 Å². The molecule has 0 aliphatic rings. The van der Waals surface area contributed by atoms with Gasteiger partial charge in [-0.3, -0.25) is 4.68 Å². The van der Waals surface area contributed by atoms with Gasteiger partial charge in [0.15, 0.2) is 5.82 Å². The summed E-state index contributed by atoms with van der Waals surface area (Å²) in [6.45, 7) is 0. The van der Waals surface area contributed by atoms with Crippen molar-refractivity contribution in [1.29, 1.82) is 0 Å². The van der Waals surface area contributed by atoms with Gasteiger partial charge in [0.25, 0.3) is 0 Å². The number of hydrogen-bond acceptors (Lipinski definition) is 5. The molecule has 7 nitrogen and oxygen atoms in total. The molecular formula is C11H10FN7. The third kappa shape index (κ3) is 1.92. The highest BCUT2D eigenvalue weighted by Gasteiger charge is 2.14. The summed E-state index contributed by atoms with van der Waals surface area (Å²) < 4.78 is 16.2. The first-order valence-electron chi connectivity index (χ1n) is 5.48. The van der Waals surface area contributed by atoms with Crippen LogP contribution in [0.25, 0.3) is 17.1 Å². The van der Waals surface area contributed by atoms with Gasteiger partial charge < -0.3 is 5.73 Å². The van der Waals surface area contributed by atoms with Crippen LogP contribution in [0.3, 0.4) is 0 Å². The molecule has 0 aliphatic heterocycles. The molecule has 96 valence electrons. The van der Waals surface area contributed by atoms with E-state index in [4.69, 9.17) is 5.73 Å². The van der Waals surface area contributed by atoms with Crippen molar-refractivity contribution in [3.05, 3.63) is 36.4 Å². The van der Waals surface area contributed by atoms with E-state index in [0.717, 1.165) is 0 Å². The molecule has 0 radical (unpaired) electrons. The van der Waals surface area contributed by atoms with E-state index in [1.807, 2.05) is 0 Å². The third-order valence-corrected chi connectivity index (χ3v) is 2.66. The highest BCUT2D eigenvalue weighted by molar-refractivity contribution is 5.72. The number of hydrogen-bond donors (Lipinski definition) is 1. The highest BCUT2D eigenvalue weighted by Crippen LogP contribution is 2.25. The molecule has 0 spiro atoms. The highest BCUT2D eigenvalue weighted by atomic mass is 19.1. The second-order valence-electron chi connectivity index (χ2n) is 4.02. The first-order chi connectivity index (χ1) is 9.15. The molecule has 3 aromatic rings. The van der Waals surface area contributed by atoms with Crippen LogP contribution >= 0.6 is 0 Å². The second kappa shape index (κ2) is 4.16. The summed E-state index contributed by atoms with van der Waals surface area (Å²) in [4.78, 5) is 0. The lowest BCUT2D eigenvalue weighted by atomic mass is 10.1. The zero-order valence-corrected chi connectivity index (χ0v) is 10.0. The molecular weight excluding hydrogens is 249 g/mol. The SMILES string of the molecule is Cn1cc(-n2nnnc2-c2ccc(F)cc2N)cn1. The zero-order chi connectivity index (χ0) is 13.4. The van der Waals surface area contributed by atoms with Crippen LogP contribution in [0.1, 0.15) is 0 Å². The van der Waals surface area contributed by atoms with Crippen molar-refractivity contribution >= 4 is 5.69 Å². The number of aryl methyl sites for hydroxylation is 1. The Hall–Kier alpha value is -2.77. The molecule has 0 fully saturated rings.